The molecule has 24 heavy (non-hydrogen) atoms. The van der Waals surface area contributed by atoms with Crippen LogP contribution in [0, 0.1) is 0 Å². The molecule has 0 amide bonds. The monoisotopic (exact) mass is 318 g/mol. The van der Waals surface area contributed by atoms with Crippen LogP contribution < -0.4 is 5.32 Å². The van der Waals surface area contributed by atoms with E-state index < -0.39 is 0 Å². The van der Waals surface area contributed by atoms with E-state index in [1.54, 1.807) is 24.9 Å². The number of nitrogens with one attached hydrogen (secondary N) is 1. The Balaban J connectivity index is 1.66. The van der Waals surface area contributed by atoms with Crippen molar-refractivity contribution in [2.45, 2.75) is 6.54 Å². The SMILES string of the molecule is c1ccc(CNc2ncc(-c3ccco3)c(-c3ccco3)n2)nc1. The fourth-order valence-electron chi connectivity index (χ4n) is 2.35. The lowest BCUT2D eigenvalue weighted by atomic mass is 10.1. The molecule has 0 spiro atoms. The average Bonchev–Trinajstić information content (AvgIpc) is 3.34. The Bertz CT molecular complexity index is 904. The zero-order chi connectivity index (χ0) is 16.2. The first-order chi connectivity index (χ1) is 11.9. The molecule has 0 radical (unpaired) electrons. The Morgan fingerprint density at radius 3 is 2.42 bits per heavy atom. The molecule has 0 aliphatic rings. The van der Waals surface area contributed by atoms with Crippen molar-refractivity contribution in [3.8, 4) is 22.8 Å². The number of aromatic nitrogens is 3. The van der Waals surface area contributed by atoms with Crippen LogP contribution in [0.4, 0.5) is 5.95 Å². The van der Waals surface area contributed by atoms with Crippen molar-refractivity contribution in [1.29, 1.82) is 0 Å². The molecule has 0 fully saturated rings. The molecule has 0 aromatic carbocycles. The minimum Gasteiger partial charge on any atom is -0.464 e. The zero-order valence-electron chi connectivity index (χ0n) is 12.7. The number of rotatable bonds is 5. The number of anilines is 1. The van der Waals surface area contributed by atoms with Crippen LogP contribution in [0.2, 0.25) is 0 Å². The van der Waals surface area contributed by atoms with Gasteiger partial charge in [0, 0.05) is 12.4 Å². The van der Waals surface area contributed by atoms with Crippen molar-refractivity contribution in [3.05, 3.63) is 73.1 Å². The second-order valence-electron chi connectivity index (χ2n) is 5.09. The normalized spacial score (nSPS) is 10.7. The molecule has 0 unspecified atom stereocenters. The van der Waals surface area contributed by atoms with Gasteiger partial charge in [0.2, 0.25) is 5.95 Å². The van der Waals surface area contributed by atoms with Crippen LogP contribution in [0.15, 0.2) is 76.2 Å². The highest BCUT2D eigenvalue weighted by Crippen LogP contribution is 2.31. The molecule has 0 aliphatic carbocycles. The Labute approximate surface area is 138 Å². The highest BCUT2D eigenvalue weighted by Gasteiger charge is 2.15. The maximum atomic E-state index is 5.50. The number of hydrogen-bond donors (Lipinski definition) is 1. The van der Waals surface area contributed by atoms with Crippen LogP contribution in [0.3, 0.4) is 0 Å². The largest absolute Gasteiger partial charge is 0.464 e. The minimum atomic E-state index is 0.502. The molecule has 4 aromatic rings. The molecule has 0 bridgehead atoms. The Kier molecular flexibility index (Phi) is 3.77. The molecule has 0 saturated heterocycles. The van der Waals surface area contributed by atoms with Crippen molar-refractivity contribution in [2.75, 3.05) is 5.32 Å². The summed E-state index contributed by atoms with van der Waals surface area (Å²) in [6, 6.07) is 13.1. The zero-order valence-corrected chi connectivity index (χ0v) is 12.7. The van der Waals surface area contributed by atoms with E-state index in [4.69, 9.17) is 8.83 Å². The third-order valence-corrected chi connectivity index (χ3v) is 3.48. The van der Waals surface area contributed by atoms with E-state index in [0.717, 1.165) is 11.3 Å². The van der Waals surface area contributed by atoms with Gasteiger partial charge in [-0.25, -0.2) is 9.97 Å². The number of nitrogens with zero attached hydrogens (tertiary/aromatic N) is 3. The molecule has 4 aromatic heterocycles. The summed E-state index contributed by atoms with van der Waals surface area (Å²) in [5, 5.41) is 3.18. The summed E-state index contributed by atoms with van der Waals surface area (Å²) in [6.45, 7) is 0.540. The molecule has 4 rings (SSSR count). The third-order valence-electron chi connectivity index (χ3n) is 3.48. The number of hydrogen-bond acceptors (Lipinski definition) is 6. The first-order valence-corrected chi connectivity index (χ1v) is 7.49. The summed E-state index contributed by atoms with van der Waals surface area (Å²) in [5.41, 5.74) is 2.36. The minimum absolute atomic E-state index is 0.502. The summed E-state index contributed by atoms with van der Waals surface area (Å²) in [5.74, 6) is 1.85. The maximum absolute atomic E-state index is 5.50. The van der Waals surface area contributed by atoms with Crippen LogP contribution in [0.25, 0.3) is 22.8 Å². The van der Waals surface area contributed by atoms with E-state index >= 15 is 0 Å². The van der Waals surface area contributed by atoms with Gasteiger partial charge in [0.05, 0.1) is 30.3 Å². The molecule has 6 nitrogen and oxygen atoms in total. The fourth-order valence-corrected chi connectivity index (χ4v) is 2.35. The number of furan rings is 2. The van der Waals surface area contributed by atoms with E-state index in [2.05, 4.69) is 20.3 Å². The average molecular weight is 318 g/mol. The van der Waals surface area contributed by atoms with Gasteiger partial charge in [-0.3, -0.25) is 4.98 Å². The summed E-state index contributed by atoms with van der Waals surface area (Å²) in [4.78, 5) is 13.2. The highest BCUT2D eigenvalue weighted by molar-refractivity contribution is 5.75. The molecule has 0 atom stereocenters. The van der Waals surface area contributed by atoms with Gasteiger partial charge in [0.15, 0.2) is 5.76 Å². The summed E-state index contributed by atoms with van der Waals surface area (Å²) in [7, 11) is 0. The molecular weight excluding hydrogens is 304 g/mol. The topological polar surface area (TPSA) is 77.0 Å². The predicted molar refractivity (Wildman–Crippen MR) is 89.0 cm³/mol. The van der Waals surface area contributed by atoms with Crippen LogP contribution >= 0.6 is 0 Å². The predicted octanol–water partition coefficient (Wildman–Crippen LogP) is 4.00. The molecule has 0 aliphatic heterocycles. The van der Waals surface area contributed by atoms with Gasteiger partial charge in [-0.15, -0.1) is 0 Å². The first kappa shape index (κ1) is 14.2. The smallest absolute Gasteiger partial charge is 0.223 e. The second kappa shape index (κ2) is 6.37. The Hall–Kier alpha value is -3.41. The van der Waals surface area contributed by atoms with Crippen molar-refractivity contribution >= 4 is 5.95 Å². The molecule has 4 heterocycles. The summed E-state index contributed by atoms with van der Waals surface area (Å²) < 4.78 is 11.0. The van der Waals surface area contributed by atoms with Crippen LogP contribution in [-0.4, -0.2) is 15.0 Å². The van der Waals surface area contributed by atoms with Gasteiger partial charge in [0.1, 0.15) is 11.5 Å². The maximum Gasteiger partial charge on any atom is 0.223 e. The van der Waals surface area contributed by atoms with E-state index in [9.17, 15) is 0 Å². The van der Waals surface area contributed by atoms with Crippen molar-refractivity contribution < 1.29 is 8.83 Å². The highest BCUT2D eigenvalue weighted by atomic mass is 16.3. The van der Waals surface area contributed by atoms with Crippen LogP contribution in [0.1, 0.15) is 5.69 Å². The summed E-state index contributed by atoms with van der Waals surface area (Å²) in [6.07, 6.45) is 6.72. The van der Waals surface area contributed by atoms with Gasteiger partial charge >= 0.3 is 0 Å². The standard InChI is InChI=1S/C18H14N4O2/c1-2-8-19-13(5-1)11-20-18-21-12-14(15-6-3-9-23-15)17(22-18)16-7-4-10-24-16/h1-10,12H,11H2,(H,20,21,22). The quantitative estimate of drug-likeness (QED) is 0.599. The lowest BCUT2D eigenvalue weighted by Crippen LogP contribution is -2.05. The fraction of sp³-hybridized carbons (Fsp3) is 0.0556. The van der Waals surface area contributed by atoms with Crippen molar-refractivity contribution in [1.82, 2.24) is 15.0 Å². The first-order valence-electron chi connectivity index (χ1n) is 7.49. The summed E-state index contributed by atoms with van der Waals surface area (Å²) >= 11 is 0. The lowest BCUT2D eigenvalue weighted by Gasteiger charge is -2.08. The van der Waals surface area contributed by atoms with Crippen LogP contribution in [0.5, 0.6) is 0 Å². The van der Waals surface area contributed by atoms with E-state index in [1.807, 2.05) is 42.5 Å². The molecule has 6 heteroatoms. The van der Waals surface area contributed by atoms with Gasteiger partial charge in [-0.2, -0.15) is 0 Å². The van der Waals surface area contributed by atoms with Gasteiger partial charge in [-0.1, -0.05) is 6.07 Å². The third kappa shape index (κ3) is 2.89. The van der Waals surface area contributed by atoms with E-state index in [0.29, 0.717) is 29.7 Å². The van der Waals surface area contributed by atoms with Crippen molar-refractivity contribution in [2.24, 2.45) is 0 Å². The number of pyridine rings is 1. The second-order valence-corrected chi connectivity index (χ2v) is 5.09. The van der Waals surface area contributed by atoms with Crippen LogP contribution in [-0.2, 0) is 6.54 Å². The molecule has 1 N–H and O–H groups in total. The molecular formula is C18H14N4O2. The van der Waals surface area contributed by atoms with Gasteiger partial charge < -0.3 is 14.2 Å². The van der Waals surface area contributed by atoms with E-state index in [-0.39, 0.29) is 0 Å². The Morgan fingerprint density at radius 2 is 1.71 bits per heavy atom. The lowest BCUT2D eigenvalue weighted by molar-refractivity contribution is 0.573. The molecule has 118 valence electrons. The van der Waals surface area contributed by atoms with Crippen molar-refractivity contribution in [3.63, 3.8) is 0 Å². The van der Waals surface area contributed by atoms with Gasteiger partial charge in [0.25, 0.3) is 0 Å². The van der Waals surface area contributed by atoms with Gasteiger partial charge in [-0.05, 0) is 36.4 Å². The Morgan fingerprint density at radius 1 is 0.875 bits per heavy atom. The molecule has 0 saturated carbocycles. The van der Waals surface area contributed by atoms with E-state index in [1.165, 1.54) is 0 Å².